The van der Waals surface area contributed by atoms with Crippen LogP contribution in [0.3, 0.4) is 0 Å². The van der Waals surface area contributed by atoms with E-state index in [1.807, 2.05) is 18.2 Å². The number of imide groups is 1. The Morgan fingerprint density at radius 3 is 2.38 bits per heavy atom. The molecule has 1 aliphatic carbocycles. The van der Waals surface area contributed by atoms with Crippen molar-refractivity contribution in [3.63, 3.8) is 0 Å². The molecule has 24 heavy (non-hydrogen) atoms. The number of hydrogen-bond acceptors (Lipinski definition) is 3. The number of rotatable bonds is 4. The highest BCUT2D eigenvalue weighted by Gasteiger charge is 2.50. The van der Waals surface area contributed by atoms with Crippen molar-refractivity contribution in [2.24, 2.45) is 11.8 Å². The summed E-state index contributed by atoms with van der Waals surface area (Å²) in [6.07, 6.45) is 3.45. The summed E-state index contributed by atoms with van der Waals surface area (Å²) in [6.45, 7) is 1.88. The van der Waals surface area contributed by atoms with Crippen LogP contribution in [-0.4, -0.2) is 28.7 Å². The predicted molar refractivity (Wildman–Crippen MR) is 90.1 cm³/mol. The number of halogens is 1. The first kappa shape index (κ1) is 17.0. The fraction of sp³-hybridized carbons (Fsp3) is 0.500. The van der Waals surface area contributed by atoms with Crippen LogP contribution in [0.2, 0.25) is 5.02 Å². The summed E-state index contributed by atoms with van der Waals surface area (Å²) >= 11 is 6.07. The van der Waals surface area contributed by atoms with E-state index in [9.17, 15) is 14.4 Å². The highest BCUT2D eigenvalue weighted by atomic mass is 35.5. The van der Waals surface area contributed by atoms with Crippen molar-refractivity contribution in [3.8, 4) is 0 Å². The lowest BCUT2D eigenvalue weighted by Crippen LogP contribution is -2.48. The van der Waals surface area contributed by atoms with E-state index in [1.165, 1.54) is 4.90 Å². The average Bonchev–Trinajstić information content (AvgIpc) is 2.85. The highest BCUT2D eigenvalue weighted by molar-refractivity contribution is 6.31. The van der Waals surface area contributed by atoms with Gasteiger partial charge in [-0.1, -0.05) is 42.6 Å². The number of amides is 3. The second kappa shape index (κ2) is 6.93. The van der Waals surface area contributed by atoms with Gasteiger partial charge in [0.25, 0.3) is 0 Å². The molecule has 1 saturated heterocycles. The van der Waals surface area contributed by atoms with E-state index < -0.39 is 6.04 Å². The molecule has 1 aromatic rings. The van der Waals surface area contributed by atoms with Gasteiger partial charge in [0, 0.05) is 11.6 Å². The number of nitrogens with zero attached hydrogens (tertiary/aromatic N) is 1. The molecule has 0 bridgehead atoms. The topological polar surface area (TPSA) is 66.5 Å². The molecule has 128 valence electrons. The first-order valence-corrected chi connectivity index (χ1v) is 8.76. The monoisotopic (exact) mass is 348 g/mol. The number of benzene rings is 1. The SMILES string of the molecule is C[C@H](C(=O)NCc1ccccc1Cl)N1C(=O)[C@H]2CCCC[C@H]2C1=O. The van der Waals surface area contributed by atoms with Gasteiger partial charge in [0.2, 0.25) is 17.7 Å². The van der Waals surface area contributed by atoms with Crippen LogP contribution in [0.15, 0.2) is 24.3 Å². The van der Waals surface area contributed by atoms with Gasteiger partial charge in [-0.3, -0.25) is 19.3 Å². The van der Waals surface area contributed by atoms with Crippen LogP contribution in [0.1, 0.15) is 38.2 Å². The third-order valence-corrected chi connectivity index (χ3v) is 5.42. The molecule has 2 aliphatic rings. The molecule has 6 heteroatoms. The molecule has 3 atom stereocenters. The van der Waals surface area contributed by atoms with E-state index in [0.29, 0.717) is 5.02 Å². The molecule has 1 aliphatic heterocycles. The van der Waals surface area contributed by atoms with Crippen LogP contribution in [0, 0.1) is 11.8 Å². The minimum Gasteiger partial charge on any atom is -0.350 e. The quantitative estimate of drug-likeness (QED) is 0.850. The fourth-order valence-corrected chi connectivity index (χ4v) is 3.86. The van der Waals surface area contributed by atoms with Gasteiger partial charge in [0.15, 0.2) is 0 Å². The fourth-order valence-electron chi connectivity index (χ4n) is 3.66. The smallest absolute Gasteiger partial charge is 0.243 e. The molecule has 1 saturated carbocycles. The Morgan fingerprint density at radius 1 is 1.21 bits per heavy atom. The summed E-state index contributed by atoms with van der Waals surface area (Å²) in [6, 6.07) is 6.45. The van der Waals surface area contributed by atoms with E-state index in [-0.39, 0.29) is 36.1 Å². The van der Waals surface area contributed by atoms with Gasteiger partial charge in [-0.2, -0.15) is 0 Å². The lowest BCUT2D eigenvalue weighted by atomic mass is 9.81. The van der Waals surface area contributed by atoms with Crippen molar-refractivity contribution < 1.29 is 14.4 Å². The lowest BCUT2D eigenvalue weighted by molar-refractivity contribution is -0.147. The standard InChI is InChI=1S/C18H21ClN2O3/c1-11(16(22)20-10-12-6-2-5-9-15(12)19)21-17(23)13-7-3-4-8-14(13)18(21)24/h2,5-6,9,11,13-14H,3-4,7-8,10H2,1H3,(H,20,22)/t11-,13-,14+/m1/s1. The molecule has 0 radical (unpaired) electrons. The van der Waals surface area contributed by atoms with Crippen molar-refractivity contribution >= 4 is 29.3 Å². The zero-order chi connectivity index (χ0) is 17.3. The van der Waals surface area contributed by atoms with Gasteiger partial charge in [-0.05, 0) is 31.4 Å². The van der Waals surface area contributed by atoms with Gasteiger partial charge in [0.1, 0.15) is 6.04 Å². The normalized spacial score (nSPS) is 24.7. The maximum atomic E-state index is 12.5. The first-order chi connectivity index (χ1) is 11.5. The molecule has 0 aromatic heterocycles. The Kier molecular flexibility index (Phi) is 4.90. The molecular formula is C18H21ClN2O3. The van der Waals surface area contributed by atoms with Crippen LogP contribution in [-0.2, 0) is 20.9 Å². The summed E-state index contributed by atoms with van der Waals surface area (Å²) in [5.74, 6) is -1.18. The molecule has 3 rings (SSSR count). The third-order valence-electron chi connectivity index (χ3n) is 5.05. The second-order valence-corrected chi connectivity index (χ2v) is 6.94. The molecule has 1 heterocycles. The second-order valence-electron chi connectivity index (χ2n) is 6.53. The lowest BCUT2D eigenvalue weighted by Gasteiger charge is -2.22. The van der Waals surface area contributed by atoms with Crippen molar-refractivity contribution in [2.75, 3.05) is 0 Å². The maximum absolute atomic E-state index is 12.5. The zero-order valence-corrected chi connectivity index (χ0v) is 14.4. The van der Waals surface area contributed by atoms with E-state index in [0.717, 1.165) is 31.2 Å². The van der Waals surface area contributed by atoms with E-state index in [1.54, 1.807) is 13.0 Å². The zero-order valence-electron chi connectivity index (χ0n) is 13.6. The Labute approximate surface area is 146 Å². The summed E-state index contributed by atoms with van der Waals surface area (Å²) in [5, 5.41) is 3.34. The third kappa shape index (κ3) is 3.05. The maximum Gasteiger partial charge on any atom is 0.243 e. The number of nitrogens with one attached hydrogen (secondary N) is 1. The van der Waals surface area contributed by atoms with Gasteiger partial charge >= 0.3 is 0 Å². The number of fused-ring (bicyclic) bond motifs is 1. The number of carbonyl (C=O) groups excluding carboxylic acids is 3. The van der Waals surface area contributed by atoms with Crippen LogP contribution in [0.5, 0.6) is 0 Å². The molecule has 0 unspecified atom stereocenters. The summed E-state index contributed by atoms with van der Waals surface area (Å²) < 4.78 is 0. The minimum absolute atomic E-state index is 0.190. The number of hydrogen-bond donors (Lipinski definition) is 1. The van der Waals surface area contributed by atoms with Crippen LogP contribution in [0.4, 0.5) is 0 Å². The van der Waals surface area contributed by atoms with Crippen molar-refractivity contribution in [1.29, 1.82) is 0 Å². The molecule has 5 nitrogen and oxygen atoms in total. The van der Waals surface area contributed by atoms with Crippen molar-refractivity contribution in [1.82, 2.24) is 10.2 Å². The van der Waals surface area contributed by atoms with Crippen LogP contribution in [0.25, 0.3) is 0 Å². The molecule has 3 amide bonds. The van der Waals surface area contributed by atoms with Gasteiger partial charge in [0.05, 0.1) is 11.8 Å². The number of carbonyl (C=O) groups is 3. The molecule has 2 fully saturated rings. The Balaban J connectivity index is 1.66. The van der Waals surface area contributed by atoms with Gasteiger partial charge < -0.3 is 5.32 Å². The van der Waals surface area contributed by atoms with Crippen LogP contribution < -0.4 is 5.32 Å². The largest absolute Gasteiger partial charge is 0.350 e. The van der Waals surface area contributed by atoms with E-state index >= 15 is 0 Å². The molecular weight excluding hydrogens is 328 g/mol. The molecule has 1 N–H and O–H groups in total. The minimum atomic E-state index is -0.793. The number of likely N-dealkylation sites (tertiary alicyclic amines) is 1. The average molecular weight is 349 g/mol. The summed E-state index contributed by atoms with van der Waals surface area (Å²) in [5.41, 5.74) is 0.799. The predicted octanol–water partition coefficient (Wildman–Crippen LogP) is 2.52. The van der Waals surface area contributed by atoms with Gasteiger partial charge in [-0.25, -0.2) is 0 Å². The summed E-state index contributed by atoms with van der Waals surface area (Å²) in [4.78, 5) is 38.6. The molecule has 0 spiro atoms. The summed E-state index contributed by atoms with van der Waals surface area (Å²) in [7, 11) is 0. The Bertz CT molecular complexity index is 652. The Morgan fingerprint density at radius 2 is 1.79 bits per heavy atom. The van der Waals surface area contributed by atoms with E-state index in [2.05, 4.69) is 5.32 Å². The van der Waals surface area contributed by atoms with E-state index in [4.69, 9.17) is 11.6 Å². The van der Waals surface area contributed by atoms with Crippen molar-refractivity contribution in [3.05, 3.63) is 34.9 Å². The van der Waals surface area contributed by atoms with Crippen molar-refractivity contribution in [2.45, 2.75) is 45.2 Å². The Hall–Kier alpha value is -1.88. The van der Waals surface area contributed by atoms with Crippen LogP contribution >= 0.6 is 11.6 Å². The highest BCUT2D eigenvalue weighted by Crippen LogP contribution is 2.38. The first-order valence-electron chi connectivity index (χ1n) is 8.38. The molecule has 1 aromatic carbocycles. The van der Waals surface area contributed by atoms with Gasteiger partial charge in [-0.15, -0.1) is 0 Å².